The number of aromatic nitrogens is 2. The number of benzene rings is 2. The van der Waals surface area contributed by atoms with Crippen LogP contribution in [-0.4, -0.2) is 28.2 Å². The van der Waals surface area contributed by atoms with E-state index >= 15 is 0 Å². The Morgan fingerprint density at radius 1 is 1.19 bits per heavy atom. The van der Waals surface area contributed by atoms with Crippen LogP contribution < -0.4 is 10.3 Å². The van der Waals surface area contributed by atoms with Crippen LogP contribution in [0.15, 0.2) is 69.9 Å². The third-order valence-corrected chi connectivity index (χ3v) is 7.19. The summed E-state index contributed by atoms with van der Waals surface area (Å²) in [4.78, 5) is 31.9. The number of ketones is 1. The molecule has 1 aliphatic carbocycles. The predicted octanol–water partition coefficient (Wildman–Crippen LogP) is 5.31. The van der Waals surface area contributed by atoms with Crippen LogP contribution >= 0.6 is 23.1 Å². The highest BCUT2D eigenvalue weighted by atomic mass is 32.2. The molecule has 0 spiro atoms. The topological polar surface area (TPSA) is 61.2 Å². The quantitative estimate of drug-likeness (QED) is 0.218. The van der Waals surface area contributed by atoms with Crippen molar-refractivity contribution in [1.82, 2.24) is 9.55 Å². The first-order valence-electron chi connectivity index (χ1n) is 10.1. The maximum atomic E-state index is 13.6. The van der Waals surface area contributed by atoms with Gasteiger partial charge in [0.05, 0.1) is 23.9 Å². The lowest BCUT2D eigenvalue weighted by Gasteiger charge is -2.12. The van der Waals surface area contributed by atoms with E-state index in [9.17, 15) is 9.59 Å². The van der Waals surface area contributed by atoms with Gasteiger partial charge in [-0.2, -0.15) is 0 Å². The van der Waals surface area contributed by atoms with Gasteiger partial charge in [-0.15, -0.1) is 11.3 Å². The molecule has 2 aromatic heterocycles. The molecule has 0 unspecified atom stereocenters. The Morgan fingerprint density at radius 3 is 2.74 bits per heavy atom. The molecule has 2 heterocycles. The molecule has 5 rings (SSSR count). The zero-order chi connectivity index (χ0) is 21.4. The number of thioether (sulfide) groups is 1. The van der Waals surface area contributed by atoms with Crippen molar-refractivity contribution in [3.8, 4) is 11.4 Å². The van der Waals surface area contributed by atoms with Crippen molar-refractivity contribution in [3.05, 3.63) is 81.5 Å². The molecule has 1 saturated carbocycles. The van der Waals surface area contributed by atoms with E-state index in [2.05, 4.69) is 5.38 Å². The molecule has 1 aliphatic rings. The molecule has 7 heteroatoms. The number of carbonyl (C=O) groups is 1. The molecule has 0 N–H and O–H groups in total. The minimum atomic E-state index is -0.0596. The predicted molar refractivity (Wildman–Crippen MR) is 125 cm³/mol. The fourth-order valence-electron chi connectivity index (χ4n) is 3.60. The molecule has 0 amide bonds. The van der Waals surface area contributed by atoms with Crippen molar-refractivity contribution >= 4 is 39.1 Å². The Labute approximate surface area is 187 Å². The van der Waals surface area contributed by atoms with Crippen LogP contribution in [0.3, 0.4) is 0 Å². The second-order valence-electron chi connectivity index (χ2n) is 7.46. The van der Waals surface area contributed by atoms with Gasteiger partial charge in [0.15, 0.2) is 10.9 Å². The smallest absolute Gasteiger partial charge is 0.267 e. The molecule has 0 saturated heterocycles. The summed E-state index contributed by atoms with van der Waals surface area (Å²) in [5.74, 6) is 1.25. The Hall–Kier alpha value is -2.90. The molecule has 0 aliphatic heterocycles. The Balaban J connectivity index is 1.54. The molecule has 0 radical (unpaired) electrons. The van der Waals surface area contributed by atoms with Gasteiger partial charge in [-0.3, -0.25) is 14.2 Å². The van der Waals surface area contributed by atoms with Gasteiger partial charge in [-0.25, -0.2) is 4.98 Å². The number of carbonyl (C=O) groups excluding carboxylic acids is 1. The standard InChI is InChI=1S/C24H20N2O3S2/c1-29-18-9-5-6-16(12-18)20(27)14-31-24-25-22-21(19(13-30-22)15-10-11-15)23(28)26(24)17-7-3-2-4-8-17/h2-9,12-13,15H,10-11,14H2,1H3. The average Bonchev–Trinajstić information content (AvgIpc) is 3.57. The molecule has 31 heavy (non-hydrogen) atoms. The average molecular weight is 449 g/mol. The SMILES string of the molecule is COc1cccc(C(=O)CSc2nc3scc(C4CC4)c3c(=O)n2-c2ccccc2)c1. The van der Waals surface area contributed by atoms with Gasteiger partial charge in [-0.05, 0) is 54.0 Å². The highest BCUT2D eigenvalue weighted by Crippen LogP contribution is 2.44. The number of ether oxygens (including phenoxy) is 1. The summed E-state index contributed by atoms with van der Waals surface area (Å²) < 4.78 is 6.86. The summed E-state index contributed by atoms with van der Waals surface area (Å²) in [7, 11) is 1.58. The molecule has 0 bridgehead atoms. The van der Waals surface area contributed by atoms with Crippen LogP contribution in [0.5, 0.6) is 5.75 Å². The summed E-state index contributed by atoms with van der Waals surface area (Å²) >= 11 is 2.80. The van der Waals surface area contributed by atoms with E-state index in [-0.39, 0.29) is 17.1 Å². The van der Waals surface area contributed by atoms with Crippen LogP contribution in [0.2, 0.25) is 0 Å². The summed E-state index contributed by atoms with van der Waals surface area (Å²) in [5.41, 5.74) is 2.39. The van der Waals surface area contributed by atoms with Crippen molar-refractivity contribution in [2.45, 2.75) is 23.9 Å². The number of thiophene rings is 1. The van der Waals surface area contributed by atoms with E-state index < -0.39 is 0 Å². The first-order valence-corrected chi connectivity index (χ1v) is 11.9. The van der Waals surface area contributed by atoms with E-state index in [0.29, 0.717) is 22.4 Å². The van der Waals surface area contributed by atoms with Gasteiger partial charge in [0, 0.05) is 5.56 Å². The fraction of sp³-hybridized carbons (Fsp3) is 0.208. The number of para-hydroxylation sites is 1. The molecule has 5 nitrogen and oxygen atoms in total. The van der Waals surface area contributed by atoms with Crippen LogP contribution in [0.25, 0.3) is 15.9 Å². The van der Waals surface area contributed by atoms with Gasteiger partial charge in [0.2, 0.25) is 0 Å². The minimum Gasteiger partial charge on any atom is -0.497 e. The fourth-order valence-corrected chi connectivity index (χ4v) is 5.57. The number of fused-ring (bicyclic) bond motifs is 1. The normalized spacial score (nSPS) is 13.5. The van der Waals surface area contributed by atoms with Crippen molar-refractivity contribution < 1.29 is 9.53 Å². The van der Waals surface area contributed by atoms with Gasteiger partial charge in [-0.1, -0.05) is 42.1 Å². The first kappa shape index (κ1) is 20.0. The highest BCUT2D eigenvalue weighted by Gasteiger charge is 2.29. The van der Waals surface area contributed by atoms with E-state index in [0.717, 1.165) is 34.3 Å². The number of methoxy groups -OCH3 is 1. The van der Waals surface area contributed by atoms with E-state index in [4.69, 9.17) is 9.72 Å². The van der Waals surface area contributed by atoms with Crippen molar-refractivity contribution in [2.75, 3.05) is 12.9 Å². The second kappa shape index (κ2) is 8.32. The number of hydrogen-bond acceptors (Lipinski definition) is 6. The number of nitrogens with zero attached hydrogens (tertiary/aromatic N) is 2. The molecular weight excluding hydrogens is 428 g/mol. The maximum absolute atomic E-state index is 13.6. The zero-order valence-electron chi connectivity index (χ0n) is 16.9. The third kappa shape index (κ3) is 3.91. The van der Waals surface area contributed by atoms with E-state index in [1.54, 1.807) is 35.9 Å². The summed E-state index contributed by atoms with van der Waals surface area (Å²) in [6.45, 7) is 0. The highest BCUT2D eigenvalue weighted by molar-refractivity contribution is 7.99. The van der Waals surface area contributed by atoms with Crippen LogP contribution in [0, 0.1) is 0 Å². The third-order valence-electron chi connectivity index (χ3n) is 5.36. The van der Waals surface area contributed by atoms with Crippen LogP contribution in [-0.2, 0) is 0 Å². The molecule has 0 atom stereocenters. The van der Waals surface area contributed by atoms with Crippen molar-refractivity contribution in [2.24, 2.45) is 0 Å². The Bertz CT molecular complexity index is 1320. The summed E-state index contributed by atoms with van der Waals surface area (Å²) in [6.07, 6.45) is 2.25. The summed E-state index contributed by atoms with van der Waals surface area (Å²) in [6, 6.07) is 16.6. The first-order chi connectivity index (χ1) is 15.2. The lowest BCUT2D eigenvalue weighted by atomic mass is 10.1. The molecular formula is C24H20N2O3S2. The van der Waals surface area contributed by atoms with Gasteiger partial charge in [0.1, 0.15) is 10.6 Å². The maximum Gasteiger partial charge on any atom is 0.267 e. The minimum absolute atomic E-state index is 0.0392. The molecule has 2 aromatic carbocycles. The molecule has 1 fully saturated rings. The largest absolute Gasteiger partial charge is 0.497 e. The lowest BCUT2D eigenvalue weighted by molar-refractivity contribution is 0.102. The number of rotatable bonds is 7. The zero-order valence-corrected chi connectivity index (χ0v) is 18.5. The van der Waals surface area contributed by atoms with Crippen molar-refractivity contribution in [1.29, 1.82) is 0 Å². The lowest BCUT2D eigenvalue weighted by Crippen LogP contribution is -2.22. The Kier molecular flexibility index (Phi) is 5.38. The molecule has 4 aromatic rings. The van der Waals surface area contributed by atoms with E-state index in [1.165, 1.54) is 23.1 Å². The number of hydrogen-bond donors (Lipinski definition) is 0. The van der Waals surface area contributed by atoms with Crippen molar-refractivity contribution in [3.63, 3.8) is 0 Å². The van der Waals surface area contributed by atoms with Crippen LogP contribution in [0.1, 0.15) is 34.7 Å². The number of Topliss-reactive ketones (excluding diaryl/α,β-unsaturated/α-hetero) is 1. The van der Waals surface area contributed by atoms with Gasteiger partial charge < -0.3 is 4.74 Å². The monoisotopic (exact) mass is 448 g/mol. The van der Waals surface area contributed by atoms with Gasteiger partial charge in [0.25, 0.3) is 5.56 Å². The second-order valence-corrected chi connectivity index (χ2v) is 9.26. The van der Waals surface area contributed by atoms with Gasteiger partial charge >= 0.3 is 0 Å². The summed E-state index contributed by atoms with van der Waals surface area (Å²) in [5, 5.41) is 3.33. The molecule has 156 valence electrons. The Morgan fingerprint density at radius 2 is 2.00 bits per heavy atom. The van der Waals surface area contributed by atoms with E-state index in [1.807, 2.05) is 30.3 Å². The van der Waals surface area contributed by atoms with Crippen LogP contribution in [0.4, 0.5) is 0 Å².